The zero-order valence-electron chi connectivity index (χ0n) is 13.3. The van der Waals surface area contributed by atoms with Crippen molar-refractivity contribution in [1.82, 2.24) is 5.32 Å². The van der Waals surface area contributed by atoms with Crippen molar-refractivity contribution in [3.05, 3.63) is 64.2 Å². The number of rotatable bonds is 7. The van der Waals surface area contributed by atoms with Gasteiger partial charge in [-0.05, 0) is 30.2 Å². The highest BCUT2D eigenvalue weighted by Gasteiger charge is 2.14. The fourth-order valence-electron chi connectivity index (χ4n) is 2.13. The Morgan fingerprint density at radius 1 is 1.17 bits per heavy atom. The number of urea groups is 1. The van der Waals surface area contributed by atoms with Crippen LogP contribution < -0.4 is 15.4 Å². The topological polar surface area (TPSA) is 93.5 Å². The lowest BCUT2D eigenvalue weighted by Gasteiger charge is -2.10. The van der Waals surface area contributed by atoms with Crippen molar-refractivity contribution in [2.45, 2.75) is 19.8 Å². The van der Waals surface area contributed by atoms with Crippen LogP contribution in [0.5, 0.6) is 5.75 Å². The van der Waals surface area contributed by atoms with Gasteiger partial charge in [0.1, 0.15) is 11.4 Å². The number of benzene rings is 2. The van der Waals surface area contributed by atoms with Crippen LogP contribution in [0.4, 0.5) is 16.2 Å². The normalized spacial score (nSPS) is 10.0. The highest BCUT2D eigenvalue weighted by atomic mass is 16.6. The van der Waals surface area contributed by atoms with Crippen molar-refractivity contribution in [3.63, 3.8) is 0 Å². The lowest BCUT2D eigenvalue weighted by molar-refractivity contribution is -0.383. The molecular weight excluding hydrogens is 310 g/mol. The van der Waals surface area contributed by atoms with Crippen LogP contribution in [0.25, 0.3) is 0 Å². The van der Waals surface area contributed by atoms with Crippen LogP contribution in [-0.2, 0) is 6.42 Å². The molecule has 0 bridgehead atoms. The molecule has 0 unspecified atom stereocenters. The number of amides is 2. The summed E-state index contributed by atoms with van der Waals surface area (Å²) < 4.78 is 5.42. The number of aryl methyl sites for hydroxylation is 1. The summed E-state index contributed by atoms with van der Waals surface area (Å²) in [7, 11) is 0. The van der Waals surface area contributed by atoms with E-state index in [2.05, 4.69) is 17.6 Å². The summed E-state index contributed by atoms with van der Waals surface area (Å²) in [5.74, 6) is 0.640. The fourth-order valence-corrected chi connectivity index (χ4v) is 2.13. The van der Waals surface area contributed by atoms with Crippen LogP contribution in [0.2, 0.25) is 0 Å². The van der Waals surface area contributed by atoms with Crippen molar-refractivity contribution >= 4 is 17.4 Å². The Morgan fingerprint density at radius 2 is 1.88 bits per heavy atom. The lowest BCUT2D eigenvalue weighted by Crippen LogP contribution is -2.32. The number of nitro benzene ring substituents is 1. The molecular formula is C17H19N3O4. The molecule has 7 heteroatoms. The van der Waals surface area contributed by atoms with Crippen LogP contribution in [0.1, 0.15) is 18.9 Å². The van der Waals surface area contributed by atoms with E-state index in [0.29, 0.717) is 5.75 Å². The van der Waals surface area contributed by atoms with E-state index in [0.717, 1.165) is 12.8 Å². The maximum Gasteiger partial charge on any atom is 0.322 e. The minimum Gasteiger partial charge on any atom is -0.473 e. The number of nitrogens with zero attached hydrogens (tertiary/aromatic N) is 1. The van der Waals surface area contributed by atoms with Crippen molar-refractivity contribution in [3.8, 4) is 5.75 Å². The van der Waals surface area contributed by atoms with Crippen molar-refractivity contribution in [1.29, 1.82) is 0 Å². The van der Waals surface area contributed by atoms with E-state index in [9.17, 15) is 14.9 Å². The molecule has 0 saturated carbocycles. The number of para-hydroxylation sites is 2. The lowest BCUT2D eigenvalue weighted by atomic mass is 10.1. The summed E-state index contributed by atoms with van der Waals surface area (Å²) in [5.41, 5.74) is 1.19. The summed E-state index contributed by atoms with van der Waals surface area (Å²) in [6.07, 6.45) is 2.09. The maximum absolute atomic E-state index is 11.8. The first-order valence-electron chi connectivity index (χ1n) is 7.60. The number of anilines is 1. The molecule has 0 radical (unpaired) electrons. The molecule has 0 heterocycles. The van der Waals surface area contributed by atoms with E-state index in [4.69, 9.17) is 4.74 Å². The van der Waals surface area contributed by atoms with Gasteiger partial charge in [0.25, 0.3) is 5.69 Å². The molecule has 0 fully saturated rings. The first kappa shape index (κ1) is 17.3. The molecule has 2 aromatic carbocycles. The maximum atomic E-state index is 11.8. The molecule has 0 aliphatic heterocycles. The van der Waals surface area contributed by atoms with Gasteiger partial charge in [-0.2, -0.15) is 0 Å². The summed E-state index contributed by atoms with van der Waals surface area (Å²) in [6, 6.07) is 13.0. The summed E-state index contributed by atoms with van der Waals surface area (Å²) in [6.45, 7) is 2.07. The fraction of sp³-hybridized carbons (Fsp3) is 0.235. The quantitative estimate of drug-likeness (QED) is 0.460. The van der Waals surface area contributed by atoms with Crippen LogP contribution in [0.15, 0.2) is 48.5 Å². The molecule has 2 rings (SSSR count). The first-order valence-corrected chi connectivity index (χ1v) is 7.60. The van der Waals surface area contributed by atoms with E-state index in [1.54, 1.807) is 6.07 Å². The molecule has 0 aliphatic rings. The van der Waals surface area contributed by atoms with Crippen LogP contribution >= 0.6 is 0 Å². The smallest absolute Gasteiger partial charge is 0.322 e. The van der Waals surface area contributed by atoms with E-state index in [1.807, 2.05) is 24.3 Å². The predicted octanol–water partition coefficient (Wildman–Crippen LogP) is 3.71. The van der Waals surface area contributed by atoms with Crippen LogP contribution in [-0.4, -0.2) is 17.7 Å². The zero-order chi connectivity index (χ0) is 17.4. The zero-order valence-corrected chi connectivity index (χ0v) is 13.3. The van der Waals surface area contributed by atoms with Gasteiger partial charge in [-0.15, -0.1) is 0 Å². The largest absolute Gasteiger partial charge is 0.473 e. The van der Waals surface area contributed by atoms with Gasteiger partial charge in [0.2, 0.25) is 0 Å². The molecule has 0 saturated heterocycles. The molecule has 2 aromatic rings. The second-order valence-corrected chi connectivity index (χ2v) is 5.09. The van der Waals surface area contributed by atoms with Crippen LogP contribution in [0, 0.1) is 10.1 Å². The average Bonchev–Trinajstić information content (AvgIpc) is 2.57. The van der Waals surface area contributed by atoms with Gasteiger partial charge < -0.3 is 15.4 Å². The average molecular weight is 329 g/mol. The van der Waals surface area contributed by atoms with Gasteiger partial charge in [0.05, 0.1) is 4.92 Å². The molecule has 24 heavy (non-hydrogen) atoms. The summed E-state index contributed by atoms with van der Waals surface area (Å²) in [5, 5.41) is 15.8. The minimum absolute atomic E-state index is 0.0421. The van der Waals surface area contributed by atoms with Gasteiger partial charge >= 0.3 is 6.03 Å². The van der Waals surface area contributed by atoms with Gasteiger partial charge in [-0.25, -0.2) is 4.79 Å². The number of nitro groups is 1. The molecule has 0 aromatic heterocycles. The number of hydrogen-bond donors (Lipinski definition) is 2. The van der Waals surface area contributed by atoms with E-state index in [1.165, 1.54) is 23.8 Å². The standard InChI is InChI=1S/C17H19N3O4/c1-2-5-13-8-10-14(11-9-13)24-12-18-17(21)19-15-6-3-4-7-16(15)20(22)23/h3-4,6-11H,2,5,12H2,1H3,(H2,18,19,21). The van der Waals surface area contributed by atoms with E-state index >= 15 is 0 Å². The number of carbonyl (C=O) groups is 1. The first-order chi connectivity index (χ1) is 11.6. The highest BCUT2D eigenvalue weighted by molar-refractivity contribution is 5.91. The molecule has 2 amide bonds. The molecule has 0 atom stereocenters. The number of ether oxygens (including phenoxy) is 1. The molecule has 0 spiro atoms. The molecule has 7 nitrogen and oxygen atoms in total. The minimum atomic E-state index is -0.577. The second-order valence-electron chi connectivity index (χ2n) is 5.09. The van der Waals surface area contributed by atoms with E-state index < -0.39 is 11.0 Å². The Morgan fingerprint density at radius 3 is 2.54 bits per heavy atom. The monoisotopic (exact) mass is 329 g/mol. The van der Waals surface area contributed by atoms with Crippen molar-refractivity contribution in [2.75, 3.05) is 12.0 Å². The third-order valence-electron chi connectivity index (χ3n) is 3.28. The highest BCUT2D eigenvalue weighted by Crippen LogP contribution is 2.22. The van der Waals surface area contributed by atoms with Gasteiger partial charge in [0, 0.05) is 6.07 Å². The van der Waals surface area contributed by atoms with Crippen LogP contribution in [0.3, 0.4) is 0 Å². The second kappa shape index (κ2) is 8.52. The third-order valence-corrected chi connectivity index (χ3v) is 3.28. The Balaban J connectivity index is 1.82. The van der Waals surface area contributed by atoms with E-state index in [-0.39, 0.29) is 18.1 Å². The van der Waals surface area contributed by atoms with Gasteiger partial charge in [-0.3, -0.25) is 10.1 Å². The summed E-state index contributed by atoms with van der Waals surface area (Å²) >= 11 is 0. The molecule has 0 aliphatic carbocycles. The summed E-state index contributed by atoms with van der Waals surface area (Å²) in [4.78, 5) is 22.1. The Hall–Kier alpha value is -3.09. The molecule has 2 N–H and O–H groups in total. The van der Waals surface area contributed by atoms with Crippen molar-refractivity contribution in [2.24, 2.45) is 0 Å². The number of hydrogen-bond acceptors (Lipinski definition) is 4. The Kier molecular flexibility index (Phi) is 6.13. The van der Waals surface area contributed by atoms with Crippen molar-refractivity contribution < 1.29 is 14.5 Å². The number of nitrogens with one attached hydrogen (secondary N) is 2. The third kappa shape index (κ3) is 4.98. The number of carbonyl (C=O) groups excluding carboxylic acids is 1. The molecule has 126 valence electrons. The predicted molar refractivity (Wildman–Crippen MR) is 91.2 cm³/mol. The van der Waals surface area contributed by atoms with Gasteiger partial charge in [-0.1, -0.05) is 37.6 Å². The Labute approximate surface area is 139 Å². The SMILES string of the molecule is CCCc1ccc(OCNC(=O)Nc2ccccc2[N+](=O)[O-])cc1. The Bertz CT molecular complexity index is 701. The van der Waals surface area contributed by atoms with Gasteiger partial charge in [0.15, 0.2) is 6.73 Å².